The van der Waals surface area contributed by atoms with E-state index < -0.39 is 0 Å². The fraction of sp³-hybridized carbons (Fsp3) is 0.800. The Balaban J connectivity index is 2.10. The van der Waals surface area contributed by atoms with E-state index in [4.69, 9.17) is 0 Å². The van der Waals surface area contributed by atoms with Crippen LogP contribution in [0, 0.1) is 6.92 Å². The van der Waals surface area contributed by atoms with Crippen LogP contribution in [0.1, 0.15) is 50.4 Å². The number of rotatable bonds is 6. The van der Waals surface area contributed by atoms with Crippen molar-refractivity contribution >= 4 is 0 Å². The highest BCUT2D eigenvalue weighted by Gasteiger charge is 2.01. The Morgan fingerprint density at radius 1 is 1.08 bits per heavy atom. The normalized spacial score (nSPS) is 10.6. The Morgan fingerprint density at radius 2 is 1.85 bits per heavy atom. The quantitative estimate of drug-likeness (QED) is 0.685. The average Bonchev–Trinajstić information content (AvgIpc) is 2.52. The molecule has 13 heavy (non-hydrogen) atoms. The Labute approximate surface area is 79.9 Å². The first-order chi connectivity index (χ1) is 6.34. The first kappa shape index (κ1) is 10.2. The molecule has 1 rings (SSSR count). The van der Waals surface area contributed by atoms with E-state index in [9.17, 15) is 0 Å². The van der Waals surface area contributed by atoms with Gasteiger partial charge in [-0.15, -0.1) is 0 Å². The molecule has 1 heterocycles. The van der Waals surface area contributed by atoms with Crippen LogP contribution >= 0.6 is 0 Å². The van der Waals surface area contributed by atoms with Crippen LogP contribution in [0.4, 0.5) is 0 Å². The van der Waals surface area contributed by atoms with Gasteiger partial charge in [-0.1, -0.05) is 32.6 Å². The van der Waals surface area contributed by atoms with Gasteiger partial charge in [0.15, 0.2) is 0 Å². The van der Waals surface area contributed by atoms with E-state index in [1.165, 1.54) is 32.1 Å². The highest BCUT2D eigenvalue weighted by Crippen LogP contribution is 2.08. The fourth-order valence-electron chi connectivity index (χ4n) is 1.44. The van der Waals surface area contributed by atoms with Crippen molar-refractivity contribution in [2.45, 2.75) is 52.4 Å². The van der Waals surface area contributed by atoms with E-state index in [1.807, 2.05) is 6.92 Å². The van der Waals surface area contributed by atoms with Crippen LogP contribution in [-0.2, 0) is 6.42 Å². The molecular formula is C10H19N3. The van der Waals surface area contributed by atoms with Gasteiger partial charge in [-0.2, -0.15) is 15.4 Å². The molecule has 0 aliphatic rings. The smallest absolute Gasteiger partial charge is 0.0853 e. The van der Waals surface area contributed by atoms with Crippen LogP contribution in [0.25, 0.3) is 0 Å². The predicted molar refractivity (Wildman–Crippen MR) is 53.6 cm³/mol. The van der Waals surface area contributed by atoms with Crippen LogP contribution in [0.15, 0.2) is 0 Å². The highest BCUT2D eigenvalue weighted by atomic mass is 15.3. The van der Waals surface area contributed by atoms with Crippen LogP contribution in [0.3, 0.4) is 0 Å². The first-order valence-electron chi connectivity index (χ1n) is 5.21. The zero-order chi connectivity index (χ0) is 9.52. The van der Waals surface area contributed by atoms with Crippen molar-refractivity contribution in [2.24, 2.45) is 0 Å². The summed E-state index contributed by atoms with van der Waals surface area (Å²) in [6, 6.07) is 0. The van der Waals surface area contributed by atoms with Crippen molar-refractivity contribution in [2.75, 3.05) is 0 Å². The molecular weight excluding hydrogens is 162 g/mol. The van der Waals surface area contributed by atoms with Gasteiger partial charge in [-0.3, -0.25) is 0 Å². The summed E-state index contributed by atoms with van der Waals surface area (Å²) in [6.07, 6.45) is 7.66. The molecule has 1 aromatic rings. The summed E-state index contributed by atoms with van der Waals surface area (Å²) in [5, 5.41) is 10.7. The maximum absolute atomic E-state index is 4.10. The maximum Gasteiger partial charge on any atom is 0.0853 e. The molecule has 0 fully saturated rings. The third-order valence-electron chi connectivity index (χ3n) is 2.34. The molecule has 74 valence electrons. The molecule has 3 nitrogen and oxygen atoms in total. The van der Waals surface area contributed by atoms with Crippen molar-refractivity contribution in [3.63, 3.8) is 0 Å². The van der Waals surface area contributed by atoms with Crippen LogP contribution in [0.5, 0.6) is 0 Å². The molecule has 0 radical (unpaired) electrons. The Hall–Kier alpha value is -0.860. The van der Waals surface area contributed by atoms with Crippen molar-refractivity contribution in [3.05, 3.63) is 11.4 Å². The standard InChI is InChI=1S/C10H19N3/c1-3-4-5-6-7-8-10-9(2)11-13-12-10/h3-8H2,1-2H3,(H,11,12,13). The predicted octanol–water partition coefficient (Wildman–Crippen LogP) is 2.63. The van der Waals surface area contributed by atoms with Crippen molar-refractivity contribution < 1.29 is 0 Å². The zero-order valence-electron chi connectivity index (χ0n) is 8.64. The number of hydrogen-bond donors (Lipinski definition) is 1. The Bertz CT molecular complexity index is 230. The van der Waals surface area contributed by atoms with Gasteiger partial charge in [0.1, 0.15) is 0 Å². The molecule has 3 heteroatoms. The second kappa shape index (κ2) is 5.73. The third-order valence-corrected chi connectivity index (χ3v) is 2.34. The van der Waals surface area contributed by atoms with Gasteiger partial charge in [-0.25, -0.2) is 0 Å². The number of H-pyrrole nitrogens is 1. The topological polar surface area (TPSA) is 41.6 Å². The lowest BCUT2D eigenvalue weighted by Gasteiger charge is -1.97. The molecule has 1 N–H and O–H groups in total. The highest BCUT2D eigenvalue weighted by molar-refractivity contribution is 5.05. The second-order valence-electron chi connectivity index (χ2n) is 3.52. The summed E-state index contributed by atoms with van der Waals surface area (Å²) in [6.45, 7) is 4.24. The molecule has 0 aliphatic heterocycles. The molecule has 0 atom stereocenters. The lowest BCUT2D eigenvalue weighted by Crippen LogP contribution is -1.89. The maximum atomic E-state index is 4.10. The summed E-state index contributed by atoms with van der Waals surface area (Å²) >= 11 is 0. The third kappa shape index (κ3) is 3.57. The van der Waals surface area contributed by atoms with Crippen molar-refractivity contribution in [3.8, 4) is 0 Å². The summed E-state index contributed by atoms with van der Waals surface area (Å²) in [5.41, 5.74) is 2.19. The molecule has 0 aliphatic carbocycles. The fourth-order valence-corrected chi connectivity index (χ4v) is 1.44. The van der Waals surface area contributed by atoms with E-state index in [0.29, 0.717) is 0 Å². The van der Waals surface area contributed by atoms with Gasteiger partial charge >= 0.3 is 0 Å². The van der Waals surface area contributed by atoms with E-state index in [-0.39, 0.29) is 0 Å². The zero-order valence-corrected chi connectivity index (χ0v) is 8.64. The summed E-state index contributed by atoms with van der Waals surface area (Å²) < 4.78 is 0. The number of aryl methyl sites for hydroxylation is 2. The largest absolute Gasteiger partial charge is 0.197 e. The van der Waals surface area contributed by atoms with E-state index >= 15 is 0 Å². The molecule has 0 saturated carbocycles. The van der Waals surface area contributed by atoms with Gasteiger partial charge in [0.05, 0.1) is 11.4 Å². The van der Waals surface area contributed by atoms with Crippen LogP contribution < -0.4 is 0 Å². The van der Waals surface area contributed by atoms with Gasteiger partial charge < -0.3 is 0 Å². The number of unbranched alkanes of at least 4 members (excludes halogenated alkanes) is 4. The SMILES string of the molecule is CCCCCCCc1n[nH]nc1C. The molecule has 0 aromatic carbocycles. The lowest BCUT2D eigenvalue weighted by molar-refractivity contribution is 0.627. The van der Waals surface area contributed by atoms with E-state index in [2.05, 4.69) is 22.3 Å². The monoisotopic (exact) mass is 181 g/mol. The number of hydrogen-bond acceptors (Lipinski definition) is 2. The summed E-state index contributed by atoms with van der Waals surface area (Å²) in [7, 11) is 0. The molecule has 0 bridgehead atoms. The van der Waals surface area contributed by atoms with Gasteiger partial charge in [0.2, 0.25) is 0 Å². The Kier molecular flexibility index (Phi) is 4.50. The number of nitrogens with zero attached hydrogens (tertiary/aromatic N) is 2. The van der Waals surface area contributed by atoms with E-state index in [0.717, 1.165) is 17.8 Å². The van der Waals surface area contributed by atoms with Gasteiger partial charge in [-0.05, 0) is 19.8 Å². The Morgan fingerprint density at radius 3 is 2.46 bits per heavy atom. The minimum Gasteiger partial charge on any atom is -0.197 e. The summed E-state index contributed by atoms with van der Waals surface area (Å²) in [5.74, 6) is 0. The van der Waals surface area contributed by atoms with Crippen molar-refractivity contribution in [1.29, 1.82) is 0 Å². The average molecular weight is 181 g/mol. The molecule has 0 spiro atoms. The van der Waals surface area contributed by atoms with Gasteiger partial charge in [0, 0.05) is 0 Å². The molecule has 0 unspecified atom stereocenters. The van der Waals surface area contributed by atoms with Crippen molar-refractivity contribution in [1.82, 2.24) is 15.4 Å². The first-order valence-corrected chi connectivity index (χ1v) is 5.21. The minimum absolute atomic E-state index is 1.05. The lowest BCUT2D eigenvalue weighted by atomic mass is 10.1. The molecule has 1 aromatic heterocycles. The second-order valence-corrected chi connectivity index (χ2v) is 3.52. The van der Waals surface area contributed by atoms with Gasteiger partial charge in [0.25, 0.3) is 0 Å². The minimum atomic E-state index is 1.05. The number of aromatic amines is 1. The van der Waals surface area contributed by atoms with Crippen LogP contribution in [-0.4, -0.2) is 15.4 Å². The summed E-state index contributed by atoms with van der Waals surface area (Å²) in [4.78, 5) is 0. The van der Waals surface area contributed by atoms with E-state index in [1.54, 1.807) is 0 Å². The molecule has 0 amide bonds. The molecule has 0 saturated heterocycles. The number of aromatic nitrogens is 3. The number of nitrogens with one attached hydrogen (secondary N) is 1. The van der Waals surface area contributed by atoms with Crippen LogP contribution in [0.2, 0.25) is 0 Å².